The molecule has 0 aliphatic rings. The van der Waals surface area contributed by atoms with Gasteiger partial charge in [-0.25, -0.2) is 0 Å². The molecule has 42 heavy (non-hydrogen) atoms. The van der Waals surface area contributed by atoms with Crippen molar-refractivity contribution >= 4 is 17.5 Å². The lowest BCUT2D eigenvalue weighted by Gasteiger charge is -2.27. The molecule has 0 aliphatic carbocycles. The number of nitrogens with two attached hydrogens (primary N) is 1. The highest BCUT2D eigenvalue weighted by molar-refractivity contribution is 6.34. The topological polar surface area (TPSA) is 104 Å². The molecule has 1 heterocycles. The van der Waals surface area contributed by atoms with Crippen LogP contribution in [0, 0.1) is 11.3 Å². The Balaban J connectivity index is 1.42. The van der Waals surface area contributed by atoms with Gasteiger partial charge in [-0.2, -0.15) is 18.4 Å². The van der Waals surface area contributed by atoms with Gasteiger partial charge in [0.2, 0.25) is 0 Å². The van der Waals surface area contributed by atoms with Crippen molar-refractivity contribution in [3.05, 3.63) is 117 Å². The Kier molecular flexibility index (Phi) is 9.42. The van der Waals surface area contributed by atoms with E-state index < -0.39 is 17.3 Å². The van der Waals surface area contributed by atoms with Crippen LogP contribution in [0.3, 0.4) is 0 Å². The minimum Gasteiger partial charge on any atom is -0.460 e. The molecule has 1 atom stereocenters. The Bertz CT molecular complexity index is 1570. The van der Waals surface area contributed by atoms with E-state index >= 15 is 0 Å². The van der Waals surface area contributed by atoms with Crippen molar-refractivity contribution in [3.63, 3.8) is 0 Å². The molecule has 0 saturated heterocycles. The Labute approximate surface area is 247 Å². The van der Waals surface area contributed by atoms with Gasteiger partial charge >= 0.3 is 6.18 Å². The van der Waals surface area contributed by atoms with E-state index in [4.69, 9.17) is 27.0 Å². The van der Waals surface area contributed by atoms with Gasteiger partial charge < -0.3 is 20.8 Å². The second-order valence-corrected chi connectivity index (χ2v) is 10.8. The summed E-state index contributed by atoms with van der Waals surface area (Å²) in [6.45, 7) is 4.28. The maximum Gasteiger partial charge on any atom is 0.416 e. The molecule has 0 bridgehead atoms. The molecule has 0 radical (unpaired) electrons. The molecule has 3 aromatic carbocycles. The fraction of sp³-hybridized carbons (Fsp3) is 0.250. The van der Waals surface area contributed by atoms with Crippen LogP contribution in [0.2, 0.25) is 5.02 Å². The minimum absolute atomic E-state index is 0.209. The quantitative estimate of drug-likeness (QED) is 0.187. The van der Waals surface area contributed by atoms with Crippen LogP contribution in [0.4, 0.5) is 13.2 Å². The van der Waals surface area contributed by atoms with Crippen LogP contribution in [0.5, 0.6) is 0 Å². The van der Waals surface area contributed by atoms with Crippen LogP contribution < -0.4 is 16.4 Å². The third-order valence-corrected chi connectivity index (χ3v) is 7.31. The van der Waals surface area contributed by atoms with Crippen LogP contribution in [0.1, 0.15) is 52.2 Å². The van der Waals surface area contributed by atoms with Gasteiger partial charge in [0, 0.05) is 23.7 Å². The number of benzene rings is 3. The Morgan fingerprint density at radius 2 is 1.67 bits per heavy atom. The molecule has 4 aromatic rings. The lowest BCUT2D eigenvalue weighted by atomic mass is 9.93. The van der Waals surface area contributed by atoms with Crippen LogP contribution in [-0.4, -0.2) is 18.5 Å². The number of hydrogen-bond donors (Lipinski definition) is 3. The van der Waals surface area contributed by atoms with Crippen molar-refractivity contribution in [1.82, 2.24) is 10.6 Å². The van der Waals surface area contributed by atoms with Gasteiger partial charge in [0.05, 0.1) is 34.3 Å². The zero-order valence-electron chi connectivity index (χ0n) is 23.1. The third-order valence-electron chi connectivity index (χ3n) is 6.98. The number of carbonyl (C=O) groups is 1. The summed E-state index contributed by atoms with van der Waals surface area (Å²) in [4.78, 5) is 13.1. The summed E-state index contributed by atoms with van der Waals surface area (Å²) in [5.74, 6) is 0.757. The number of carbonyl (C=O) groups excluding carboxylic acids is 1. The van der Waals surface area contributed by atoms with Crippen molar-refractivity contribution in [2.75, 3.05) is 6.54 Å². The van der Waals surface area contributed by atoms with Crippen molar-refractivity contribution in [2.45, 2.75) is 44.6 Å². The first-order chi connectivity index (χ1) is 19.9. The van der Waals surface area contributed by atoms with Gasteiger partial charge in [-0.1, -0.05) is 35.9 Å². The first kappa shape index (κ1) is 30.8. The zero-order chi connectivity index (χ0) is 30.5. The van der Waals surface area contributed by atoms with Gasteiger partial charge in [0.1, 0.15) is 11.5 Å². The molecule has 4 rings (SSSR count). The second-order valence-electron chi connectivity index (χ2n) is 10.4. The summed E-state index contributed by atoms with van der Waals surface area (Å²) in [5, 5.41) is 15.5. The second kappa shape index (κ2) is 12.8. The van der Waals surface area contributed by atoms with Crippen molar-refractivity contribution in [1.29, 1.82) is 5.26 Å². The lowest BCUT2D eigenvalue weighted by Crippen LogP contribution is -2.41. The standard InChI is InChI=1S/C32H30ClF3N4O2/c1-31(2,23-8-10-24(11-9-23)32(34,35)36)39-19-26-12-14-29(42-26)22-7-13-28(33)27(16-22)30(41)40-25(18-38)15-20-3-5-21(17-37)6-4-20/h3-14,16,25,39H,15,18-19,38H2,1-2H3,(H,40,41). The number of rotatable bonds is 10. The van der Waals surface area contributed by atoms with Crippen LogP contribution >= 0.6 is 11.6 Å². The highest BCUT2D eigenvalue weighted by Crippen LogP contribution is 2.31. The van der Waals surface area contributed by atoms with E-state index in [1.807, 2.05) is 26.0 Å². The molecule has 6 nitrogen and oxygen atoms in total. The molecule has 218 valence electrons. The van der Waals surface area contributed by atoms with Crippen molar-refractivity contribution in [2.24, 2.45) is 5.73 Å². The molecule has 1 aromatic heterocycles. The summed E-state index contributed by atoms with van der Waals surface area (Å²) in [6.07, 6.45) is -3.90. The number of amides is 1. The maximum absolute atomic E-state index is 13.1. The number of hydrogen-bond acceptors (Lipinski definition) is 5. The molecular formula is C32H30ClF3N4O2. The molecule has 0 spiro atoms. The fourth-order valence-electron chi connectivity index (χ4n) is 4.42. The normalized spacial score (nSPS) is 12.5. The van der Waals surface area contributed by atoms with E-state index in [0.717, 1.165) is 17.7 Å². The summed E-state index contributed by atoms with van der Waals surface area (Å²) in [6, 6.07) is 22.5. The number of nitrogens with zero attached hydrogens (tertiary/aromatic N) is 1. The molecule has 4 N–H and O–H groups in total. The molecule has 1 amide bonds. The Morgan fingerprint density at radius 1 is 1.00 bits per heavy atom. The van der Waals surface area contributed by atoms with E-state index in [0.29, 0.717) is 41.2 Å². The number of furan rings is 1. The smallest absolute Gasteiger partial charge is 0.416 e. The van der Waals surface area contributed by atoms with Gasteiger partial charge in [-0.15, -0.1) is 0 Å². The minimum atomic E-state index is -4.39. The van der Waals surface area contributed by atoms with Crippen LogP contribution in [0.15, 0.2) is 83.3 Å². The number of nitriles is 1. The predicted molar refractivity (Wildman–Crippen MR) is 156 cm³/mol. The zero-order valence-corrected chi connectivity index (χ0v) is 23.8. The molecule has 0 aliphatic heterocycles. The van der Waals surface area contributed by atoms with E-state index in [9.17, 15) is 18.0 Å². The van der Waals surface area contributed by atoms with Crippen LogP contribution in [0.25, 0.3) is 11.3 Å². The fourth-order valence-corrected chi connectivity index (χ4v) is 4.63. The predicted octanol–water partition coefficient (Wildman–Crippen LogP) is 6.82. The molecular weight excluding hydrogens is 565 g/mol. The molecule has 10 heteroatoms. The average molecular weight is 595 g/mol. The summed E-state index contributed by atoms with van der Waals surface area (Å²) < 4.78 is 44.8. The molecule has 0 fully saturated rings. The van der Waals surface area contributed by atoms with E-state index in [1.54, 1.807) is 42.5 Å². The SMILES string of the molecule is CC(C)(NCc1ccc(-c2ccc(Cl)c(C(=O)NC(CN)Cc3ccc(C#N)cc3)c2)o1)c1ccc(C(F)(F)F)cc1. The monoisotopic (exact) mass is 594 g/mol. The molecule has 1 unspecified atom stereocenters. The van der Waals surface area contributed by atoms with Gasteiger partial charge in [0.25, 0.3) is 5.91 Å². The molecule has 0 saturated carbocycles. The first-order valence-electron chi connectivity index (χ1n) is 13.2. The van der Waals surface area contributed by atoms with E-state index in [2.05, 4.69) is 16.7 Å². The van der Waals surface area contributed by atoms with Gasteiger partial charge in [0.15, 0.2) is 0 Å². The van der Waals surface area contributed by atoms with Crippen molar-refractivity contribution in [3.8, 4) is 17.4 Å². The summed E-state index contributed by atoms with van der Waals surface area (Å²) in [5.41, 5.74) is 7.70. The Morgan fingerprint density at radius 3 is 2.29 bits per heavy atom. The summed E-state index contributed by atoms with van der Waals surface area (Å²) >= 11 is 6.37. The summed E-state index contributed by atoms with van der Waals surface area (Å²) in [7, 11) is 0. The largest absolute Gasteiger partial charge is 0.460 e. The Hall–Kier alpha value is -4.10. The third kappa shape index (κ3) is 7.59. The van der Waals surface area contributed by atoms with Crippen LogP contribution in [-0.2, 0) is 24.7 Å². The number of halogens is 4. The van der Waals surface area contributed by atoms with E-state index in [-0.39, 0.29) is 29.1 Å². The van der Waals surface area contributed by atoms with E-state index in [1.165, 1.54) is 12.1 Å². The van der Waals surface area contributed by atoms with Crippen molar-refractivity contribution < 1.29 is 22.4 Å². The lowest BCUT2D eigenvalue weighted by molar-refractivity contribution is -0.137. The number of nitrogens with one attached hydrogen (secondary N) is 2. The van der Waals surface area contributed by atoms with Gasteiger partial charge in [-0.3, -0.25) is 4.79 Å². The highest BCUT2D eigenvalue weighted by atomic mass is 35.5. The average Bonchev–Trinajstić information content (AvgIpc) is 3.45. The van der Waals surface area contributed by atoms with Gasteiger partial charge in [-0.05, 0) is 86.0 Å². The number of alkyl halides is 3. The first-order valence-corrected chi connectivity index (χ1v) is 13.6. The maximum atomic E-state index is 13.1. The highest BCUT2D eigenvalue weighted by Gasteiger charge is 2.31.